The van der Waals surface area contributed by atoms with Gasteiger partial charge >= 0.3 is 0 Å². The summed E-state index contributed by atoms with van der Waals surface area (Å²) in [5, 5.41) is 6.04. The molecule has 2 aromatic rings. The Labute approximate surface area is 155 Å². The van der Waals surface area contributed by atoms with Gasteiger partial charge in [0.25, 0.3) is 0 Å². The Morgan fingerprint density at radius 2 is 1.69 bits per heavy atom. The number of nitrogens with one attached hydrogen (secondary N) is 2. The van der Waals surface area contributed by atoms with E-state index in [-0.39, 0.29) is 18.4 Å². The predicted octanol–water partition coefficient (Wildman–Crippen LogP) is 3.37. The standard InChI is InChI=1S/C21H27N3O2/c1-15-5-11-19(16(2)13-15)22-14-20(25)23-18-9-6-17(7-10-18)8-12-21(26)24(3)4/h5-7,9-11,13,22H,8,12,14H2,1-4H3,(H,23,25). The summed E-state index contributed by atoms with van der Waals surface area (Å²) >= 11 is 0. The lowest BCUT2D eigenvalue weighted by Crippen LogP contribution is -2.22. The number of anilines is 2. The summed E-state index contributed by atoms with van der Waals surface area (Å²) in [6, 6.07) is 13.7. The monoisotopic (exact) mass is 353 g/mol. The minimum atomic E-state index is -0.0967. The Balaban J connectivity index is 1.82. The summed E-state index contributed by atoms with van der Waals surface area (Å²) in [5.41, 5.74) is 5.11. The van der Waals surface area contributed by atoms with Gasteiger partial charge in [0.1, 0.15) is 0 Å². The van der Waals surface area contributed by atoms with E-state index in [0.29, 0.717) is 12.8 Å². The molecule has 0 heterocycles. The first-order valence-electron chi connectivity index (χ1n) is 8.75. The maximum atomic E-state index is 12.1. The second-order valence-electron chi connectivity index (χ2n) is 6.71. The van der Waals surface area contributed by atoms with Crippen LogP contribution in [0.15, 0.2) is 42.5 Å². The van der Waals surface area contributed by atoms with Crippen LogP contribution in [0.1, 0.15) is 23.1 Å². The molecule has 0 saturated heterocycles. The highest BCUT2D eigenvalue weighted by Gasteiger charge is 2.06. The molecule has 0 bridgehead atoms. The highest BCUT2D eigenvalue weighted by Crippen LogP contribution is 2.16. The lowest BCUT2D eigenvalue weighted by atomic mass is 10.1. The molecular formula is C21H27N3O2. The van der Waals surface area contributed by atoms with E-state index in [0.717, 1.165) is 22.5 Å². The fraction of sp³-hybridized carbons (Fsp3) is 0.333. The van der Waals surface area contributed by atoms with Crippen LogP contribution in [0.25, 0.3) is 0 Å². The number of carbonyl (C=O) groups excluding carboxylic acids is 2. The van der Waals surface area contributed by atoms with Crippen LogP contribution in [0.5, 0.6) is 0 Å². The van der Waals surface area contributed by atoms with Crippen molar-refractivity contribution in [1.29, 1.82) is 0 Å². The Hall–Kier alpha value is -2.82. The lowest BCUT2D eigenvalue weighted by molar-refractivity contribution is -0.128. The topological polar surface area (TPSA) is 61.4 Å². The largest absolute Gasteiger partial charge is 0.376 e. The van der Waals surface area contributed by atoms with Crippen LogP contribution >= 0.6 is 0 Å². The summed E-state index contributed by atoms with van der Waals surface area (Å²) in [7, 11) is 3.51. The Morgan fingerprint density at radius 3 is 2.31 bits per heavy atom. The molecule has 5 heteroatoms. The van der Waals surface area contributed by atoms with Crippen molar-refractivity contribution in [1.82, 2.24) is 4.90 Å². The molecular weight excluding hydrogens is 326 g/mol. The minimum absolute atomic E-state index is 0.0967. The van der Waals surface area contributed by atoms with Gasteiger partial charge in [-0.05, 0) is 49.6 Å². The van der Waals surface area contributed by atoms with Crippen molar-refractivity contribution in [3.05, 3.63) is 59.2 Å². The fourth-order valence-electron chi connectivity index (χ4n) is 2.62. The van der Waals surface area contributed by atoms with Gasteiger partial charge < -0.3 is 15.5 Å². The molecule has 26 heavy (non-hydrogen) atoms. The first kappa shape index (κ1) is 19.5. The van der Waals surface area contributed by atoms with Gasteiger partial charge in [0.15, 0.2) is 0 Å². The molecule has 5 nitrogen and oxygen atoms in total. The molecule has 2 N–H and O–H groups in total. The SMILES string of the molecule is Cc1ccc(NCC(=O)Nc2ccc(CCC(=O)N(C)C)cc2)c(C)c1. The molecule has 0 atom stereocenters. The average molecular weight is 353 g/mol. The minimum Gasteiger partial charge on any atom is -0.376 e. The van der Waals surface area contributed by atoms with E-state index < -0.39 is 0 Å². The van der Waals surface area contributed by atoms with Gasteiger partial charge in [-0.1, -0.05) is 29.8 Å². The zero-order valence-corrected chi connectivity index (χ0v) is 15.9. The zero-order valence-electron chi connectivity index (χ0n) is 15.9. The Morgan fingerprint density at radius 1 is 1.00 bits per heavy atom. The van der Waals surface area contributed by atoms with Gasteiger partial charge in [0.05, 0.1) is 6.54 Å². The van der Waals surface area contributed by atoms with Crippen LogP contribution in [0.3, 0.4) is 0 Å². The Bertz CT molecular complexity index is 767. The summed E-state index contributed by atoms with van der Waals surface area (Å²) in [6.45, 7) is 4.28. The van der Waals surface area contributed by atoms with Crippen molar-refractivity contribution >= 4 is 23.2 Å². The van der Waals surface area contributed by atoms with Crippen molar-refractivity contribution in [3.63, 3.8) is 0 Å². The second kappa shape index (κ2) is 9.04. The van der Waals surface area contributed by atoms with Crippen molar-refractivity contribution in [2.75, 3.05) is 31.3 Å². The van der Waals surface area contributed by atoms with Crippen LogP contribution in [0.4, 0.5) is 11.4 Å². The van der Waals surface area contributed by atoms with Crippen molar-refractivity contribution in [2.45, 2.75) is 26.7 Å². The van der Waals surface area contributed by atoms with Crippen LogP contribution in [-0.4, -0.2) is 37.4 Å². The van der Waals surface area contributed by atoms with Crippen LogP contribution in [-0.2, 0) is 16.0 Å². The number of benzene rings is 2. The molecule has 138 valence electrons. The maximum absolute atomic E-state index is 12.1. The predicted molar refractivity (Wildman–Crippen MR) is 106 cm³/mol. The number of hydrogen-bond donors (Lipinski definition) is 2. The molecule has 0 radical (unpaired) electrons. The third-order valence-corrected chi connectivity index (χ3v) is 4.19. The summed E-state index contributed by atoms with van der Waals surface area (Å²) < 4.78 is 0. The normalized spacial score (nSPS) is 10.3. The van der Waals surface area contributed by atoms with E-state index in [2.05, 4.69) is 16.7 Å². The van der Waals surface area contributed by atoms with Gasteiger partial charge in [-0.15, -0.1) is 0 Å². The third-order valence-electron chi connectivity index (χ3n) is 4.19. The van der Waals surface area contributed by atoms with E-state index >= 15 is 0 Å². The molecule has 0 aliphatic heterocycles. The Kier molecular flexibility index (Phi) is 6.78. The van der Waals surface area contributed by atoms with E-state index in [4.69, 9.17) is 0 Å². The van der Waals surface area contributed by atoms with E-state index in [1.807, 2.05) is 50.2 Å². The molecule has 0 saturated carbocycles. The molecule has 0 spiro atoms. The van der Waals surface area contributed by atoms with Crippen LogP contribution < -0.4 is 10.6 Å². The highest BCUT2D eigenvalue weighted by atomic mass is 16.2. The molecule has 2 amide bonds. The molecule has 2 aromatic carbocycles. The van der Waals surface area contributed by atoms with Gasteiger partial charge in [-0.25, -0.2) is 0 Å². The average Bonchev–Trinajstić information content (AvgIpc) is 2.60. The lowest BCUT2D eigenvalue weighted by Gasteiger charge is -2.11. The molecule has 0 unspecified atom stereocenters. The first-order chi connectivity index (χ1) is 12.3. The summed E-state index contributed by atoms with van der Waals surface area (Å²) in [5.74, 6) is 0.0142. The van der Waals surface area contributed by atoms with Gasteiger partial charge in [0.2, 0.25) is 11.8 Å². The number of nitrogens with zero attached hydrogens (tertiary/aromatic N) is 1. The second-order valence-corrected chi connectivity index (χ2v) is 6.71. The molecule has 0 aromatic heterocycles. The fourth-order valence-corrected chi connectivity index (χ4v) is 2.62. The van der Waals surface area contributed by atoms with Gasteiger partial charge in [-0.2, -0.15) is 0 Å². The molecule has 0 fully saturated rings. The highest BCUT2D eigenvalue weighted by molar-refractivity contribution is 5.93. The van der Waals surface area contributed by atoms with E-state index in [1.54, 1.807) is 19.0 Å². The number of aryl methyl sites for hydroxylation is 3. The molecule has 0 aliphatic carbocycles. The first-order valence-corrected chi connectivity index (χ1v) is 8.75. The van der Waals surface area contributed by atoms with Crippen LogP contribution in [0.2, 0.25) is 0 Å². The number of amides is 2. The van der Waals surface area contributed by atoms with Crippen molar-refractivity contribution < 1.29 is 9.59 Å². The van der Waals surface area contributed by atoms with E-state index in [9.17, 15) is 9.59 Å². The summed E-state index contributed by atoms with van der Waals surface area (Å²) in [4.78, 5) is 25.3. The van der Waals surface area contributed by atoms with Gasteiger partial charge in [-0.3, -0.25) is 9.59 Å². The summed E-state index contributed by atoms with van der Waals surface area (Å²) in [6.07, 6.45) is 1.18. The van der Waals surface area contributed by atoms with Crippen LogP contribution in [0, 0.1) is 13.8 Å². The quantitative estimate of drug-likeness (QED) is 0.802. The number of hydrogen-bond acceptors (Lipinski definition) is 3. The van der Waals surface area contributed by atoms with Gasteiger partial charge in [0, 0.05) is 31.9 Å². The zero-order chi connectivity index (χ0) is 19.1. The molecule has 2 rings (SSSR count). The van der Waals surface area contributed by atoms with Crippen molar-refractivity contribution in [2.24, 2.45) is 0 Å². The molecule has 0 aliphatic rings. The van der Waals surface area contributed by atoms with E-state index in [1.165, 1.54) is 5.56 Å². The third kappa shape index (κ3) is 5.92. The number of carbonyl (C=O) groups is 2. The maximum Gasteiger partial charge on any atom is 0.243 e. The number of rotatable bonds is 7. The van der Waals surface area contributed by atoms with Crippen molar-refractivity contribution in [3.8, 4) is 0 Å². The smallest absolute Gasteiger partial charge is 0.243 e.